The fourth-order valence-electron chi connectivity index (χ4n) is 2.11. The van der Waals surface area contributed by atoms with Crippen molar-refractivity contribution in [2.24, 2.45) is 0 Å². The van der Waals surface area contributed by atoms with Crippen molar-refractivity contribution in [2.45, 2.75) is 13.3 Å². The molecule has 0 spiro atoms. The van der Waals surface area contributed by atoms with Gasteiger partial charge in [0.1, 0.15) is 0 Å². The summed E-state index contributed by atoms with van der Waals surface area (Å²) in [6.07, 6.45) is 0.949. The lowest BCUT2D eigenvalue weighted by Crippen LogP contribution is -2.27. The van der Waals surface area contributed by atoms with Crippen molar-refractivity contribution in [3.05, 3.63) is 48.0 Å². The van der Waals surface area contributed by atoms with Gasteiger partial charge in [0, 0.05) is 12.1 Å². The molecule has 0 saturated carbocycles. The normalized spacial score (nSPS) is 10.6. The highest BCUT2D eigenvalue weighted by molar-refractivity contribution is 6.06. The third-order valence-corrected chi connectivity index (χ3v) is 3.10. The molecule has 0 atom stereocenters. The number of hydrogen-bond acceptors (Lipinski definition) is 2. The topological polar surface area (TPSA) is 41.1 Å². The van der Waals surface area contributed by atoms with Gasteiger partial charge in [0.15, 0.2) is 0 Å². The highest BCUT2D eigenvalue weighted by atomic mass is 16.1. The van der Waals surface area contributed by atoms with Crippen LogP contribution >= 0.6 is 0 Å². The first-order valence-electron chi connectivity index (χ1n) is 6.79. The Morgan fingerprint density at radius 1 is 1.05 bits per heavy atom. The monoisotopic (exact) mass is 256 g/mol. The van der Waals surface area contributed by atoms with Crippen LogP contribution < -0.4 is 10.6 Å². The molecule has 0 radical (unpaired) electrons. The molecular formula is C16H20N2O. The van der Waals surface area contributed by atoms with Gasteiger partial charge in [-0.25, -0.2) is 0 Å². The third kappa shape index (κ3) is 3.55. The molecule has 0 aliphatic carbocycles. The van der Waals surface area contributed by atoms with Crippen LogP contribution in [0.4, 0.5) is 0 Å². The summed E-state index contributed by atoms with van der Waals surface area (Å²) in [5, 5.41) is 8.32. The van der Waals surface area contributed by atoms with Crippen molar-refractivity contribution in [2.75, 3.05) is 19.6 Å². The number of nitrogens with one attached hydrogen (secondary N) is 2. The minimum atomic E-state index is 0.00768. The molecule has 1 amide bonds. The Bertz CT molecular complexity index is 546. The average molecular weight is 256 g/mol. The van der Waals surface area contributed by atoms with E-state index in [0.717, 1.165) is 35.8 Å². The molecule has 0 saturated heterocycles. The van der Waals surface area contributed by atoms with Crippen LogP contribution in [-0.4, -0.2) is 25.5 Å². The number of carbonyl (C=O) groups is 1. The third-order valence-electron chi connectivity index (χ3n) is 3.10. The van der Waals surface area contributed by atoms with Gasteiger partial charge in [-0.1, -0.05) is 43.3 Å². The number of hydrogen-bond donors (Lipinski definition) is 2. The number of benzene rings is 2. The molecular weight excluding hydrogens is 236 g/mol. The van der Waals surface area contributed by atoms with Crippen molar-refractivity contribution < 1.29 is 4.79 Å². The van der Waals surface area contributed by atoms with E-state index in [4.69, 9.17) is 0 Å². The van der Waals surface area contributed by atoms with Gasteiger partial charge in [0.05, 0.1) is 0 Å². The Morgan fingerprint density at radius 3 is 2.68 bits per heavy atom. The second-order valence-electron chi connectivity index (χ2n) is 4.49. The van der Waals surface area contributed by atoms with E-state index in [1.54, 1.807) is 0 Å². The first-order chi connectivity index (χ1) is 9.33. The Morgan fingerprint density at radius 2 is 1.84 bits per heavy atom. The molecule has 0 aliphatic heterocycles. The maximum atomic E-state index is 12.2. The van der Waals surface area contributed by atoms with E-state index in [1.807, 2.05) is 42.5 Å². The van der Waals surface area contributed by atoms with Crippen LogP contribution in [-0.2, 0) is 0 Å². The Balaban J connectivity index is 2.01. The second kappa shape index (κ2) is 6.90. The van der Waals surface area contributed by atoms with E-state index in [2.05, 4.69) is 17.6 Å². The fourth-order valence-corrected chi connectivity index (χ4v) is 2.11. The van der Waals surface area contributed by atoms with E-state index in [0.29, 0.717) is 6.54 Å². The summed E-state index contributed by atoms with van der Waals surface area (Å²) in [4.78, 5) is 12.2. The molecule has 2 aromatic rings. The van der Waals surface area contributed by atoms with Crippen LogP contribution in [0.25, 0.3) is 10.8 Å². The zero-order chi connectivity index (χ0) is 13.5. The lowest BCUT2D eigenvalue weighted by molar-refractivity contribution is 0.0955. The van der Waals surface area contributed by atoms with Crippen molar-refractivity contribution in [1.82, 2.24) is 10.6 Å². The van der Waals surface area contributed by atoms with E-state index in [-0.39, 0.29) is 5.91 Å². The molecule has 2 rings (SSSR count). The first kappa shape index (κ1) is 13.6. The molecule has 19 heavy (non-hydrogen) atoms. The van der Waals surface area contributed by atoms with Gasteiger partial charge in [-0.2, -0.15) is 0 Å². The van der Waals surface area contributed by atoms with E-state index in [9.17, 15) is 4.79 Å². The minimum Gasteiger partial charge on any atom is -0.352 e. The summed E-state index contributed by atoms with van der Waals surface area (Å²) in [7, 11) is 0. The highest BCUT2D eigenvalue weighted by Crippen LogP contribution is 2.18. The predicted molar refractivity (Wildman–Crippen MR) is 79.4 cm³/mol. The zero-order valence-electron chi connectivity index (χ0n) is 11.3. The van der Waals surface area contributed by atoms with Crippen LogP contribution in [0.2, 0.25) is 0 Å². The molecule has 3 heteroatoms. The van der Waals surface area contributed by atoms with Gasteiger partial charge >= 0.3 is 0 Å². The quantitative estimate of drug-likeness (QED) is 0.780. The molecule has 3 nitrogen and oxygen atoms in total. The average Bonchev–Trinajstić information content (AvgIpc) is 2.46. The molecule has 0 heterocycles. The summed E-state index contributed by atoms with van der Waals surface area (Å²) in [6.45, 7) is 4.69. The Hall–Kier alpha value is -1.87. The van der Waals surface area contributed by atoms with Gasteiger partial charge < -0.3 is 10.6 Å². The lowest BCUT2D eigenvalue weighted by Gasteiger charge is -2.08. The number of rotatable bonds is 6. The summed E-state index contributed by atoms with van der Waals surface area (Å²) in [6, 6.07) is 13.8. The van der Waals surface area contributed by atoms with E-state index < -0.39 is 0 Å². The second-order valence-corrected chi connectivity index (χ2v) is 4.49. The Kier molecular flexibility index (Phi) is 4.93. The van der Waals surface area contributed by atoms with Crippen molar-refractivity contribution >= 4 is 16.7 Å². The van der Waals surface area contributed by atoms with Gasteiger partial charge in [-0.3, -0.25) is 4.79 Å². The van der Waals surface area contributed by atoms with Gasteiger partial charge in [-0.05, 0) is 36.3 Å². The maximum absolute atomic E-state index is 12.2. The Labute approximate surface area is 114 Å². The predicted octanol–water partition coefficient (Wildman–Crippen LogP) is 2.57. The molecule has 100 valence electrons. The fraction of sp³-hybridized carbons (Fsp3) is 0.312. The largest absolute Gasteiger partial charge is 0.352 e. The molecule has 0 aromatic heterocycles. The van der Waals surface area contributed by atoms with Crippen LogP contribution in [0.5, 0.6) is 0 Å². The van der Waals surface area contributed by atoms with Gasteiger partial charge in [0.25, 0.3) is 5.91 Å². The molecule has 2 aromatic carbocycles. The van der Waals surface area contributed by atoms with Crippen molar-refractivity contribution in [3.63, 3.8) is 0 Å². The summed E-state index contributed by atoms with van der Waals surface area (Å²) >= 11 is 0. The minimum absolute atomic E-state index is 0.00768. The highest BCUT2D eigenvalue weighted by Gasteiger charge is 2.08. The summed E-state index contributed by atoms with van der Waals surface area (Å²) < 4.78 is 0. The van der Waals surface area contributed by atoms with Crippen LogP contribution in [0.15, 0.2) is 42.5 Å². The van der Waals surface area contributed by atoms with Crippen LogP contribution in [0.3, 0.4) is 0 Å². The molecule has 0 unspecified atom stereocenters. The van der Waals surface area contributed by atoms with Gasteiger partial charge in [-0.15, -0.1) is 0 Å². The van der Waals surface area contributed by atoms with E-state index >= 15 is 0 Å². The molecule has 0 aliphatic rings. The smallest absolute Gasteiger partial charge is 0.251 e. The first-order valence-corrected chi connectivity index (χ1v) is 6.79. The SMILES string of the molecule is CCNCCCNC(=O)c1cccc2ccccc12. The molecule has 0 fully saturated rings. The maximum Gasteiger partial charge on any atom is 0.251 e. The molecule has 0 bridgehead atoms. The summed E-state index contributed by atoms with van der Waals surface area (Å²) in [5.41, 5.74) is 0.751. The van der Waals surface area contributed by atoms with E-state index in [1.165, 1.54) is 0 Å². The molecule has 2 N–H and O–H groups in total. The van der Waals surface area contributed by atoms with Crippen molar-refractivity contribution in [3.8, 4) is 0 Å². The standard InChI is InChI=1S/C16H20N2O/c1-2-17-11-6-12-18-16(19)15-10-5-8-13-7-3-4-9-14(13)15/h3-5,7-10,17H,2,6,11-12H2,1H3,(H,18,19). The zero-order valence-corrected chi connectivity index (χ0v) is 11.3. The lowest BCUT2D eigenvalue weighted by atomic mass is 10.0. The van der Waals surface area contributed by atoms with Gasteiger partial charge in [0.2, 0.25) is 0 Å². The van der Waals surface area contributed by atoms with Crippen LogP contribution in [0.1, 0.15) is 23.7 Å². The number of amides is 1. The van der Waals surface area contributed by atoms with Crippen molar-refractivity contribution in [1.29, 1.82) is 0 Å². The summed E-state index contributed by atoms with van der Waals surface area (Å²) in [5.74, 6) is 0.00768. The van der Waals surface area contributed by atoms with Crippen LogP contribution in [0, 0.1) is 0 Å². The number of fused-ring (bicyclic) bond motifs is 1. The number of carbonyl (C=O) groups excluding carboxylic acids is 1.